The maximum atomic E-state index is 12.7. The fraction of sp³-hybridized carbons (Fsp3) is 0.375. The van der Waals surface area contributed by atoms with E-state index in [0.717, 1.165) is 0 Å². The molecule has 4 nitrogen and oxygen atoms in total. The number of para-hydroxylation sites is 1. The van der Waals surface area contributed by atoms with Gasteiger partial charge in [-0.2, -0.15) is 0 Å². The molecular formula is C16H15NO3. The molecule has 3 aliphatic rings. The number of fused-ring (bicyclic) bond motifs is 5. The van der Waals surface area contributed by atoms with Crippen molar-refractivity contribution < 1.29 is 14.3 Å². The van der Waals surface area contributed by atoms with Gasteiger partial charge in [0.1, 0.15) is 0 Å². The molecule has 4 heteroatoms. The number of amides is 2. The maximum absolute atomic E-state index is 12.7. The van der Waals surface area contributed by atoms with Crippen molar-refractivity contribution in [2.24, 2.45) is 11.8 Å². The van der Waals surface area contributed by atoms with Crippen molar-refractivity contribution >= 4 is 17.5 Å². The fourth-order valence-corrected chi connectivity index (χ4v) is 3.75. The van der Waals surface area contributed by atoms with E-state index in [1.54, 1.807) is 12.1 Å². The van der Waals surface area contributed by atoms with Gasteiger partial charge in [-0.15, -0.1) is 0 Å². The second kappa shape index (κ2) is 3.79. The summed E-state index contributed by atoms with van der Waals surface area (Å²) in [6.07, 6.45) is 4.37. The Hall–Kier alpha value is -1.94. The van der Waals surface area contributed by atoms with E-state index in [0.29, 0.717) is 12.1 Å². The Bertz CT molecular complexity index is 624. The third-order valence-electron chi connectivity index (χ3n) is 4.72. The van der Waals surface area contributed by atoms with Gasteiger partial charge in [0.05, 0.1) is 29.2 Å². The van der Waals surface area contributed by atoms with Gasteiger partial charge in [0.25, 0.3) is 0 Å². The van der Waals surface area contributed by atoms with Crippen molar-refractivity contribution in [3.63, 3.8) is 0 Å². The maximum Gasteiger partial charge on any atom is 0.241 e. The van der Waals surface area contributed by atoms with E-state index in [-0.39, 0.29) is 29.8 Å². The highest BCUT2D eigenvalue weighted by atomic mass is 16.5. The van der Waals surface area contributed by atoms with Crippen molar-refractivity contribution in [1.82, 2.24) is 0 Å². The number of hydrogen-bond acceptors (Lipinski definition) is 3. The van der Waals surface area contributed by atoms with Gasteiger partial charge in [-0.25, -0.2) is 4.90 Å². The van der Waals surface area contributed by atoms with E-state index < -0.39 is 5.60 Å². The lowest BCUT2D eigenvalue weighted by molar-refractivity contribution is -0.126. The Morgan fingerprint density at radius 1 is 1.20 bits per heavy atom. The van der Waals surface area contributed by atoms with Gasteiger partial charge in [0.15, 0.2) is 0 Å². The van der Waals surface area contributed by atoms with Crippen LogP contribution in [0.25, 0.3) is 0 Å². The van der Waals surface area contributed by atoms with E-state index in [4.69, 9.17) is 4.74 Å². The number of imide groups is 1. The summed E-state index contributed by atoms with van der Waals surface area (Å²) in [5, 5.41) is 0. The molecule has 4 atom stereocenters. The Kier molecular flexibility index (Phi) is 2.25. The number of nitrogens with zero attached hydrogens (tertiary/aromatic N) is 1. The minimum Gasteiger partial charge on any atom is -0.362 e. The highest BCUT2D eigenvalue weighted by molar-refractivity contribution is 6.23. The van der Waals surface area contributed by atoms with Crippen LogP contribution in [0.2, 0.25) is 0 Å². The summed E-state index contributed by atoms with van der Waals surface area (Å²) in [5.41, 5.74) is 0.0774. The number of benzene rings is 1. The normalized spacial score (nSPS) is 37.9. The first-order valence-corrected chi connectivity index (χ1v) is 6.98. The summed E-state index contributed by atoms with van der Waals surface area (Å²) in [5.74, 6) is -0.973. The highest BCUT2D eigenvalue weighted by Crippen LogP contribution is 2.53. The second-order valence-corrected chi connectivity index (χ2v) is 5.60. The van der Waals surface area contributed by atoms with Crippen LogP contribution in [-0.2, 0) is 14.3 Å². The van der Waals surface area contributed by atoms with Gasteiger partial charge < -0.3 is 4.74 Å². The minimum atomic E-state index is -0.578. The standard InChI is InChI=1S/C16H15NO3/c1-2-16-9-8-11(20-16)12-13(16)15(19)17(14(12)18)10-6-4-3-5-7-10/h3-9,11-13H,2H2,1H3. The molecule has 0 spiro atoms. The Morgan fingerprint density at radius 2 is 1.95 bits per heavy atom. The summed E-state index contributed by atoms with van der Waals surface area (Å²) in [7, 11) is 0. The fourth-order valence-electron chi connectivity index (χ4n) is 3.75. The molecule has 0 saturated carbocycles. The van der Waals surface area contributed by atoms with Crippen LogP contribution in [0.5, 0.6) is 0 Å². The minimum absolute atomic E-state index is 0.125. The molecule has 0 aromatic heterocycles. The van der Waals surface area contributed by atoms with Gasteiger partial charge in [0, 0.05) is 0 Å². The number of carbonyl (C=O) groups excluding carboxylic acids is 2. The van der Waals surface area contributed by atoms with Crippen LogP contribution >= 0.6 is 0 Å². The smallest absolute Gasteiger partial charge is 0.241 e. The topological polar surface area (TPSA) is 46.6 Å². The third kappa shape index (κ3) is 1.25. The number of ether oxygens (including phenoxy) is 1. The molecule has 1 aromatic carbocycles. The van der Waals surface area contributed by atoms with Crippen LogP contribution in [0.15, 0.2) is 42.5 Å². The Labute approximate surface area is 117 Å². The van der Waals surface area contributed by atoms with E-state index in [2.05, 4.69) is 0 Å². The van der Waals surface area contributed by atoms with Crippen LogP contribution in [0.1, 0.15) is 13.3 Å². The Morgan fingerprint density at radius 3 is 2.65 bits per heavy atom. The molecule has 0 radical (unpaired) electrons. The lowest BCUT2D eigenvalue weighted by atomic mass is 9.76. The van der Waals surface area contributed by atoms with Gasteiger partial charge in [-0.05, 0) is 18.6 Å². The first-order valence-electron chi connectivity index (χ1n) is 6.98. The summed E-state index contributed by atoms with van der Waals surface area (Å²) in [6.45, 7) is 2.00. The van der Waals surface area contributed by atoms with Gasteiger partial charge in [-0.1, -0.05) is 37.3 Å². The predicted octanol–water partition coefficient (Wildman–Crippen LogP) is 1.91. The molecule has 0 aliphatic carbocycles. The molecule has 3 heterocycles. The summed E-state index contributed by atoms with van der Waals surface area (Å²) in [4.78, 5) is 26.7. The molecule has 4 unspecified atom stereocenters. The van der Waals surface area contributed by atoms with E-state index >= 15 is 0 Å². The van der Waals surface area contributed by atoms with Crippen molar-refractivity contribution in [3.8, 4) is 0 Å². The number of rotatable bonds is 2. The van der Waals surface area contributed by atoms with E-state index in [1.165, 1.54) is 4.90 Å². The number of hydrogen-bond donors (Lipinski definition) is 0. The average molecular weight is 269 g/mol. The first-order chi connectivity index (χ1) is 9.68. The summed E-state index contributed by atoms with van der Waals surface area (Å²) >= 11 is 0. The molecule has 20 heavy (non-hydrogen) atoms. The molecule has 2 amide bonds. The monoisotopic (exact) mass is 269 g/mol. The molecule has 2 bridgehead atoms. The van der Waals surface area contributed by atoms with Gasteiger partial charge >= 0.3 is 0 Å². The zero-order valence-electron chi connectivity index (χ0n) is 11.2. The lowest BCUT2D eigenvalue weighted by Crippen LogP contribution is -2.40. The molecule has 2 saturated heterocycles. The van der Waals surface area contributed by atoms with Crippen molar-refractivity contribution in [3.05, 3.63) is 42.5 Å². The van der Waals surface area contributed by atoms with E-state index in [1.807, 2.05) is 37.3 Å². The van der Waals surface area contributed by atoms with Crippen LogP contribution in [0, 0.1) is 11.8 Å². The molecule has 2 fully saturated rings. The van der Waals surface area contributed by atoms with Crippen LogP contribution in [-0.4, -0.2) is 23.5 Å². The molecule has 3 aliphatic heterocycles. The van der Waals surface area contributed by atoms with Gasteiger partial charge in [-0.3, -0.25) is 9.59 Å². The lowest BCUT2D eigenvalue weighted by Gasteiger charge is -2.27. The molecule has 1 aromatic rings. The van der Waals surface area contributed by atoms with Crippen molar-refractivity contribution in [2.75, 3.05) is 4.90 Å². The Balaban J connectivity index is 1.79. The SMILES string of the molecule is CCC12C=CC(O1)C1C(=O)N(c3ccccc3)C(=O)C12. The third-order valence-corrected chi connectivity index (χ3v) is 4.72. The number of anilines is 1. The second-order valence-electron chi connectivity index (χ2n) is 5.60. The van der Waals surface area contributed by atoms with Crippen molar-refractivity contribution in [1.29, 1.82) is 0 Å². The zero-order valence-corrected chi connectivity index (χ0v) is 11.2. The van der Waals surface area contributed by atoms with E-state index in [9.17, 15) is 9.59 Å². The summed E-state index contributed by atoms with van der Waals surface area (Å²) in [6, 6.07) is 9.14. The highest BCUT2D eigenvalue weighted by Gasteiger charge is 2.67. The average Bonchev–Trinajstić information content (AvgIpc) is 3.11. The van der Waals surface area contributed by atoms with Crippen molar-refractivity contribution in [2.45, 2.75) is 25.0 Å². The first kappa shape index (κ1) is 11.9. The van der Waals surface area contributed by atoms with Crippen LogP contribution in [0.4, 0.5) is 5.69 Å². The quantitative estimate of drug-likeness (QED) is 0.608. The van der Waals surface area contributed by atoms with Crippen LogP contribution < -0.4 is 4.90 Å². The molecule has 0 N–H and O–H groups in total. The molecule has 4 rings (SSSR count). The van der Waals surface area contributed by atoms with Crippen LogP contribution in [0.3, 0.4) is 0 Å². The zero-order chi connectivity index (χ0) is 13.9. The number of carbonyl (C=O) groups is 2. The van der Waals surface area contributed by atoms with Gasteiger partial charge in [0.2, 0.25) is 11.8 Å². The summed E-state index contributed by atoms with van der Waals surface area (Å²) < 4.78 is 5.92. The molecule has 102 valence electrons. The predicted molar refractivity (Wildman–Crippen MR) is 73.0 cm³/mol. The largest absolute Gasteiger partial charge is 0.362 e. The molecular weight excluding hydrogens is 254 g/mol.